The Hall–Kier alpha value is -3.17. The highest BCUT2D eigenvalue weighted by atomic mass is 32.2. The maximum Gasteiger partial charge on any atom is 0.251 e. The van der Waals surface area contributed by atoms with Crippen LogP contribution in [0.15, 0.2) is 65.8 Å². The van der Waals surface area contributed by atoms with Gasteiger partial charge >= 0.3 is 0 Å². The lowest BCUT2D eigenvalue weighted by atomic mass is 10.1. The predicted molar refractivity (Wildman–Crippen MR) is 113 cm³/mol. The van der Waals surface area contributed by atoms with Crippen LogP contribution in [0.25, 0.3) is 5.69 Å². The topological polar surface area (TPSA) is 93.5 Å². The van der Waals surface area contributed by atoms with E-state index in [2.05, 4.69) is 10.4 Å². The van der Waals surface area contributed by atoms with Gasteiger partial charge in [0.1, 0.15) is 10.6 Å². The van der Waals surface area contributed by atoms with E-state index in [1.165, 1.54) is 33.3 Å². The number of ether oxygens (including phenoxy) is 1. The molecule has 0 spiro atoms. The van der Waals surface area contributed by atoms with Gasteiger partial charge in [0.15, 0.2) is 0 Å². The van der Waals surface area contributed by atoms with Gasteiger partial charge in [-0.15, -0.1) is 0 Å². The summed E-state index contributed by atoms with van der Waals surface area (Å²) in [5.41, 5.74) is 2.28. The highest BCUT2D eigenvalue weighted by Crippen LogP contribution is 2.26. The molecule has 0 aliphatic heterocycles. The third-order valence-corrected chi connectivity index (χ3v) is 6.43. The van der Waals surface area contributed by atoms with Crippen LogP contribution in [-0.2, 0) is 16.4 Å². The third-order valence-electron chi connectivity index (χ3n) is 4.59. The fraction of sp³-hybridized carbons (Fsp3) is 0.238. The molecule has 0 unspecified atom stereocenters. The molecule has 8 nitrogen and oxygen atoms in total. The lowest BCUT2D eigenvalue weighted by Crippen LogP contribution is -2.27. The van der Waals surface area contributed by atoms with Crippen LogP contribution < -0.4 is 10.1 Å². The number of methoxy groups -OCH3 is 1. The first kappa shape index (κ1) is 21.5. The van der Waals surface area contributed by atoms with Crippen molar-refractivity contribution in [2.45, 2.75) is 11.3 Å². The molecule has 158 valence electrons. The minimum Gasteiger partial charge on any atom is -0.495 e. The maximum absolute atomic E-state index is 12.5. The summed E-state index contributed by atoms with van der Waals surface area (Å²) in [6, 6.07) is 14.1. The summed E-state index contributed by atoms with van der Waals surface area (Å²) in [7, 11) is 0.509. The third kappa shape index (κ3) is 4.69. The van der Waals surface area contributed by atoms with Gasteiger partial charge in [0.25, 0.3) is 5.91 Å². The first-order valence-corrected chi connectivity index (χ1v) is 10.7. The summed E-state index contributed by atoms with van der Waals surface area (Å²) in [6.07, 6.45) is 4.23. The molecule has 3 aromatic rings. The van der Waals surface area contributed by atoms with E-state index in [9.17, 15) is 13.2 Å². The average Bonchev–Trinajstić information content (AvgIpc) is 3.28. The maximum atomic E-state index is 12.5. The van der Waals surface area contributed by atoms with Gasteiger partial charge in [-0.1, -0.05) is 12.1 Å². The highest BCUT2D eigenvalue weighted by Gasteiger charge is 2.23. The number of hydrogen-bond donors (Lipinski definition) is 1. The van der Waals surface area contributed by atoms with E-state index in [4.69, 9.17) is 4.74 Å². The molecular formula is C21H24N4O4S. The summed E-state index contributed by atoms with van der Waals surface area (Å²) in [5, 5.41) is 7.02. The number of aromatic nitrogens is 2. The van der Waals surface area contributed by atoms with Crippen molar-refractivity contribution in [1.82, 2.24) is 19.4 Å². The SMILES string of the molecule is COc1ccc(C(=O)NCCc2ccc(-n3cccn3)cc2)cc1S(=O)(=O)N(C)C. The van der Waals surface area contributed by atoms with Crippen molar-refractivity contribution in [3.8, 4) is 11.4 Å². The van der Waals surface area contributed by atoms with Crippen LogP contribution in [0.4, 0.5) is 0 Å². The second-order valence-corrected chi connectivity index (χ2v) is 8.90. The van der Waals surface area contributed by atoms with Crippen molar-refractivity contribution in [2.75, 3.05) is 27.7 Å². The molecule has 0 atom stereocenters. The molecule has 1 heterocycles. The van der Waals surface area contributed by atoms with E-state index in [-0.39, 0.29) is 22.1 Å². The number of nitrogens with zero attached hydrogens (tertiary/aromatic N) is 3. The van der Waals surface area contributed by atoms with E-state index in [0.29, 0.717) is 13.0 Å². The van der Waals surface area contributed by atoms with Gasteiger partial charge in [-0.25, -0.2) is 17.4 Å². The normalized spacial score (nSPS) is 11.5. The van der Waals surface area contributed by atoms with Gasteiger partial charge in [0, 0.05) is 38.6 Å². The zero-order valence-corrected chi connectivity index (χ0v) is 17.9. The molecule has 1 aromatic heterocycles. The van der Waals surface area contributed by atoms with Gasteiger partial charge in [-0.3, -0.25) is 4.79 Å². The largest absolute Gasteiger partial charge is 0.495 e. The summed E-state index contributed by atoms with van der Waals surface area (Å²) in [6.45, 7) is 0.418. The van der Waals surface area contributed by atoms with Crippen LogP contribution in [0.2, 0.25) is 0 Å². The minimum absolute atomic E-state index is 0.0446. The first-order chi connectivity index (χ1) is 14.3. The molecule has 0 aliphatic carbocycles. The molecular weight excluding hydrogens is 404 g/mol. The van der Waals surface area contributed by atoms with Crippen LogP contribution in [0, 0.1) is 0 Å². The smallest absolute Gasteiger partial charge is 0.251 e. The number of rotatable bonds is 8. The van der Waals surface area contributed by atoms with Gasteiger partial charge in [-0.2, -0.15) is 5.10 Å². The van der Waals surface area contributed by atoms with Gasteiger partial charge < -0.3 is 10.1 Å². The number of amides is 1. The number of benzene rings is 2. The number of sulfonamides is 1. The second kappa shape index (κ2) is 9.10. The number of carbonyl (C=O) groups excluding carboxylic acids is 1. The molecule has 0 radical (unpaired) electrons. The molecule has 2 aromatic carbocycles. The molecule has 1 amide bonds. The van der Waals surface area contributed by atoms with Crippen molar-refractivity contribution in [3.05, 3.63) is 72.1 Å². The van der Waals surface area contributed by atoms with E-state index in [1.54, 1.807) is 16.9 Å². The molecule has 0 saturated heterocycles. The summed E-state index contributed by atoms with van der Waals surface area (Å²) < 4.78 is 33.0. The highest BCUT2D eigenvalue weighted by molar-refractivity contribution is 7.89. The summed E-state index contributed by atoms with van der Waals surface area (Å²) in [4.78, 5) is 12.5. The quantitative estimate of drug-likeness (QED) is 0.593. The monoisotopic (exact) mass is 428 g/mol. The van der Waals surface area contributed by atoms with Crippen molar-refractivity contribution in [1.29, 1.82) is 0 Å². The van der Waals surface area contributed by atoms with E-state index in [1.807, 2.05) is 36.5 Å². The van der Waals surface area contributed by atoms with E-state index in [0.717, 1.165) is 15.6 Å². The van der Waals surface area contributed by atoms with Crippen LogP contribution in [-0.4, -0.2) is 56.2 Å². The van der Waals surface area contributed by atoms with E-state index < -0.39 is 10.0 Å². The van der Waals surface area contributed by atoms with Crippen molar-refractivity contribution >= 4 is 15.9 Å². The van der Waals surface area contributed by atoms with E-state index >= 15 is 0 Å². The Kier molecular flexibility index (Phi) is 6.53. The Morgan fingerprint density at radius 3 is 2.50 bits per heavy atom. The molecule has 0 aliphatic rings. The number of carbonyl (C=O) groups is 1. The molecule has 30 heavy (non-hydrogen) atoms. The standard InChI is InChI=1S/C21H24N4O4S/c1-24(2)30(27,28)20-15-17(7-10-19(20)29-3)21(26)22-13-11-16-5-8-18(9-6-16)25-14-4-12-23-25/h4-10,12,14-15H,11,13H2,1-3H3,(H,22,26). The Morgan fingerprint density at radius 1 is 1.17 bits per heavy atom. The fourth-order valence-corrected chi connectivity index (χ4v) is 3.95. The Bertz CT molecular complexity index is 1110. The molecule has 0 bridgehead atoms. The predicted octanol–water partition coefficient (Wildman–Crippen LogP) is 2.10. The lowest BCUT2D eigenvalue weighted by molar-refractivity contribution is 0.0954. The van der Waals surface area contributed by atoms with Gasteiger partial charge in [0.2, 0.25) is 10.0 Å². The first-order valence-electron chi connectivity index (χ1n) is 9.30. The summed E-state index contributed by atoms with van der Waals surface area (Å²) >= 11 is 0. The number of hydrogen-bond acceptors (Lipinski definition) is 5. The van der Waals surface area contributed by atoms with Crippen molar-refractivity contribution in [2.24, 2.45) is 0 Å². The lowest BCUT2D eigenvalue weighted by Gasteiger charge is -2.15. The average molecular weight is 429 g/mol. The molecule has 9 heteroatoms. The molecule has 0 saturated carbocycles. The van der Waals surface area contributed by atoms with Crippen molar-refractivity contribution < 1.29 is 17.9 Å². The Balaban J connectivity index is 1.65. The Morgan fingerprint density at radius 2 is 1.90 bits per heavy atom. The van der Waals surface area contributed by atoms with Crippen LogP contribution >= 0.6 is 0 Å². The fourth-order valence-electron chi connectivity index (χ4n) is 2.88. The van der Waals surface area contributed by atoms with Crippen LogP contribution in [0.3, 0.4) is 0 Å². The Labute approximate surface area is 176 Å². The van der Waals surface area contributed by atoms with Gasteiger partial charge in [-0.05, 0) is 48.4 Å². The summed E-state index contributed by atoms with van der Waals surface area (Å²) in [5.74, 6) is -0.154. The van der Waals surface area contributed by atoms with Crippen LogP contribution in [0.5, 0.6) is 5.75 Å². The molecule has 3 rings (SSSR count). The number of nitrogens with one attached hydrogen (secondary N) is 1. The zero-order valence-electron chi connectivity index (χ0n) is 17.1. The second-order valence-electron chi connectivity index (χ2n) is 6.78. The minimum atomic E-state index is -3.74. The van der Waals surface area contributed by atoms with Crippen molar-refractivity contribution in [3.63, 3.8) is 0 Å². The van der Waals surface area contributed by atoms with Crippen LogP contribution in [0.1, 0.15) is 15.9 Å². The molecule has 1 N–H and O–H groups in total. The zero-order chi connectivity index (χ0) is 21.7. The van der Waals surface area contributed by atoms with Gasteiger partial charge in [0.05, 0.1) is 12.8 Å². The molecule has 0 fully saturated rings.